The van der Waals surface area contributed by atoms with E-state index in [1.54, 1.807) is 12.1 Å². The number of halogens is 1. The summed E-state index contributed by atoms with van der Waals surface area (Å²) in [5, 5.41) is 40.5. The van der Waals surface area contributed by atoms with Crippen molar-refractivity contribution in [1.82, 2.24) is 0 Å². The highest BCUT2D eigenvalue weighted by molar-refractivity contribution is 6.31. The van der Waals surface area contributed by atoms with Crippen LogP contribution in [0.5, 0.6) is 5.75 Å². The number of hydrogen-bond acceptors (Lipinski definition) is 7. The Hall–Kier alpha value is -1.71. The largest absolute Gasteiger partial charge is 0.488 e. The van der Waals surface area contributed by atoms with Crippen molar-refractivity contribution < 1.29 is 34.6 Å². The van der Waals surface area contributed by atoms with Crippen molar-refractivity contribution in [3.8, 4) is 5.75 Å². The first-order chi connectivity index (χ1) is 15.0. The lowest BCUT2D eigenvalue weighted by molar-refractivity contribution is -0.231. The average molecular weight is 451 g/mol. The van der Waals surface area contributed by atoms with Crippen LogP contribution in [0.4, 0.5) is 0 Å². The summed E-state index contributed by atoms with van der Waals surface area (Å²) < 4.78 is 16.9. The van der Waals surface area contributed by atoms with E-state index in [1.807, 2.05) is 30.3 Å². The maximum Gasteiger partial charge on any atom is 0.124 e. The third-order valence-corrected chi connectivity index (χ3v) is 6.17. The molecule has 0 saturated carbocycles. The van der Waals surface area contributed by atoms with E-state index in [1.165, 1.54) is 0 Å². The molecule has 2 aromatic rings. The summed E-state index contributed by atoms with van der Waals surface area (Å²) in [6, 6.07) is 13.0. The Kier molecular flexibility index (Phi) is 7.13. The maximum absolute atomic E-state index is 10.4. The van der Waals surface area contributed by atoms with Crippen LogP contribution in [0.15, 0.2) is 42.5 Å². The molecule has 2 fully saturated rings. The molecule has 0 spiro atoms. The molecule has 2 aliphatic heterocycles. The van der Waals surface area contributed by atoms with Crippen LogP contribution >= 0.6 is 11.6 Å². The molecule has 0 radical (unpaired) electrons. The number of hydrogen-bond donors (Lipinski definition) is 4. The van der Waals surface area contributed by atoms with Crippen LogP contribution in [-0.4, -0.2) is 70.8 Å². The van der Waals surface area contributed by atoms with Crippen LogP contribution in [0.2, 0.25) is 5.02 Å². The van der Waals surface area contributed by atoms with E-state index in [0.717, 1.165) is 29.9 Å². The van der Waals surface area contributed by atoms with E-state index in [-0.39, 0.29) is 6.10 Å². The van der Waals surface area contributed by atoms with Crippen molar-refractivity contribution in [2.45, 2.75) is 49.5 Å². The highest BCUT2D eigenvalue weighted by atomic mass is 35.5. The molecule has 8 heteroatoms. The molecule has 0 aliphatic carbocycles. The summed E-state index contributed by atoms with van der Waals surface area (Å²) in [7, 11) is 0. The van der Waals surface area contributed by atoms with Crippen LogP contribution in [-0.2, 0) is 15.9 Å². The number of aliphatic hydroxyl groups excluding tert-OH is 4. The molecule has 168 valence electrons. The van der Waals surface area contributed by atoms with E-state index in [4.69, 9.17) is 25.8 Å². The fourth-order valence-corrected chi connectivity index (χ4v) is 4.17. The standard InChI is InChI=1S/C23H27ClO7/c24-18-6-3-14(23-22(28)21(27)20(26)19(11-25)31-23)10-15(18)9-13-1-4-16(5-2-13)30-17-7-8-29-12-17/h1-6,10,17,19-23,25-28H,7-9,11-12H2/t17?,19-,20+,21-,22+,23+/m0/s1. The summed E-state index contributed by atoms with van der Waals surface area (Å²) in [5.74, 6) is 0.792. The first-order valence-corrected chi connectivity index (χ1v) is 10.8. The lowest BCUT2D eigenvalue weighted by atomic mass is 9.90. The fourth-order valence-electron chi connectivity index (χ4n) is 3.99. The molecule has 2 aliphatic rings. The Morgan fingerprint density at radius 2 is 1.77 bits per heavy atom. The van der Waals surface area contributed by atoms with Gasteiger partial charge in [0, 0.05) is 11.4 Å². The van der Waals surface area contributed by atoms with Crippen molar-refractivity contribution in [2.24, 2.45) is 0 Å². The number of rotatable bonds is 6. The third-order valence-electron chi connectivity index (χ3n) is 5.80. The first-order valence-electron chi connectivity index (χ1n) is 10.4. The van der Waals surface area contributed by atoms with Gasteiger partial charge in [-0.25, -0.2) is 0 Å². The monoisotopic (exact) mass is 450 g/mol. The lowest BCUT2D eigenvalue weighted by Crippen LogP contribution is -2.55. The van der Waals surface area contributed by atoms with Crippen molar-refractivity contribution in [1.29, 1.82) is 0 Å². The minimum absolute atomic E-state index is 0.0931. The van der Waals surface area contributed by atoms with E-state index in [2.05, 4.69) is 0 Å². The second kappa shape index (κ2) is 9.83. The number of benzene rings is 2. The predicted molar refractivity (Wildman–Crippen MR) is 113 cm³/mol. The molecule has 0 amide bonds. The molecule has 2 saturated heterocycles. The lowest BCUT2D eigenvalue weighted by Gasteiger charge is -2.40. The van der Waals surface area contributed by atoms with E-state index < -0.39 is 37.1 Å². The molecule has 2 heterocycles. The highest BCUT2D eigenvalue weighted by Crippen LogP contribution is 2.34. The van der Waals surface area contributed by atoms with Gasteiger partial charge in [0.25, 0.3) is 0 Å². The zero-order chi connectivity index (χ0) is 22.0. The van der Waals surface area contributed by atoms with Gasteiger partial charge in [-0.05, 0) is 41.3 Å². The Morgan fingerprint density at radius 3 is 2.45 bits per heavy atom. The maximum atomic E-state index is 10.4. The summed E-state index contributed by atoms with van der Waals surface area (Å²) in [4.78, 5) is 0. The highest BCUT2D eigenvalue weighted by Gasteiger charge is 2.44. The van der Waals surface area contributed by atoms with Gasteiger partial charge in [0.2, 0.25) is 0 Å². The minimum atomic E-state index is -1.42. The topological polar surface area (TPSA) is 109 Å². The number of ether oxygens (including phenoxy) is 3. The Labute approximate surface area is 185 Å². The summed E-state index contributed by atoms with van der Waals surface area (Å²) in [6.07, 6.45) is -4.46. The van der Waals surface area contributed by atoms with Gasteiger partial charge in [0.15, 0.2) is 0 Å². The molecule has 7 nitrogen and oxygen atoms in total. The molecular formula is C23H27ClO7. The molecule has 2 aromatic carbocycles. The molecular weight excluding hydrogens is 424 g/mol. The fraction of sp³-hybridized carbons (Fsp3) is 0.478. The Morgan fingerprint density at radius 1 is 1.00 bits per heavy atom. The SMILES string of the molecule is OC[C@@H]1O[C@H](c2ccc(Cl)c(Cc3ccc(OC4CCOC4)cc3)c2)[C@H](O)[C@@H](O)[C@@H]1O. The average Bonchev–Trinajstić information content (AvgIpc) is 3.28. The smallest absolute Gasteiger partial charge is 0.124 e. The summed E-state index contributed by atoms with van der Waals surface area (Å²) >= 11 is 6.40. The van der Waals surface area contributed by atoms with E-state index in [0.29, 0.717) is 23.6 Å². The molecule has 0 aromatic heterocycles. The zero-order valence-corrected chi connectivity index (χ0v) is 17.7. The van der Waals surface area contributed by atoms with Crippen molar-refractivity contribution in [3.05, 3.63) is 64.2 Å². The van der Waals surface area contributed by atoms with Crippen LogP contribution in [0, 0.1) is 0 Å². The second-order valence-electron chi connectivity index (χ2n) is 8.02. The van der Waals surface area contributed by atoms with Crippen molar-refractivity contribution in [2.75, 3.05) is 19.8 Å². The van der Waals surface area contributed by atoms with Gasteiger partial charge in [-0.3, -0.25) is 0 Å². The van der Waals surface area contributed by atoms with Gasteiger partial charge in [0.1, 0.15) is 42.4 Å². The van der Waals surface area contributed by atoms with Crippen molar-refractivity contribution >= 4 is 11.6 Å². The van der Waals surface area contributed by atoms with Crippen LogP contribution in [0.3, 0.4) is 0 Å². The molecule has 6 atom stereocenters. The first kappa shape index (κ1) is 22.5. The Bertz CT molecular complexity index is 867. The van der Waals surface area contributed by atoms with Gasteiger partial charge >= 0.3 is 0 Å². The second-order valence-corrected chi connectivity index (χ2v) is 8.43. The minimum Gasteiger partial charge on any atom is -0.488 e. The summed E-state index contributed by atoms with van der Waals surface area (Å²) in [6.45, 7) is 0.872. The third kappa shape index (κ3) is 5.04. The normalized spacial score (nSPS) is 31.0. The van der Waals surface area contributed by atoms with Gasteiger partial charge in [-0.15, -0.1) is 0 Å². The van der Waals surface area contributed by atoms with Gasteiger partial charge in [-0.1, -0.05) is 35.9 Å². The van der Waals surface area contributed by atoms with E-state index in [9.17, 15) is 20.4 Å². The van der Waals surface area contributed by atoms with Gasteiger partial charge in [0.05, 0.1) is 19.8 Å². The quantitative estimate of drug-likeness (QED) is 0.529. The van der Waals surface area contributed by atoms with Crippen LogP contribution in [0.1, 0.15) is 29.2 Å². The Balaban J connectivity index is 1.49. The van der Waals surface area contributed by atoms with Gasteiger partial charge in [-0.2, -0.15) is 0 Å². The molecule has 4 rings (SSSR count). The molecule has 31 heavy (non-hydrogen) atoms. The molecule has 4 N–H and O–H groups in total. The molecule has 0 bridgehead atoms. The predicted octanol–water partition coefficient (Wildman–Crippen LogP) is 1.61. The number of aliphatic hydroxyl groups is 4. The molecule has 1 unspecified atom stereocenters. The van der Waals surface area contributed by atoms with E-state index >= 15 is 0 Å². The zero-order valence-electron chi connectivity index (χ0n) is 16.9. The van der Waals surface area contributed by atoms with Crippen molar-refractivity contribution in [3.63, 3.8) is 0 Å². The van der Waals surface area contributed by atoms with Crippen LogP contribution in [0.25, 0.3) is 0 Å². The summed E-state index contributed by atoms with van der Waals surface area (Å²) in [5.41, 5.74) is 2.47. The van der Waals surface area contributed by atoms with Gasteiger partial charge < -0.3 is 34.6 Å². The van der Waals surface area contributed by atoms with Crippen LogP contribution < -0.4 is 4.74 Å².